The number of halogens is 3. The normalized spacial score (nSPS) is 12.8. The van der Waals surface area contributed by atoms with Gasteiger partial charge in [0.25, 0.3) is 0 Å². The molecule has 0 spiro atoms. The molecule has 1 aromatic carbocycles. The van der Waals surface area contributed by atoms with Crippen molar-refractivity contribution in [1.29, 1.82) is 5.26 Å². The molecule has 9 heteroatoms. The van der Waals surface area contributed by atoms with E-state index in [0.29, 0.717) is 0 Å². The Hall–Kier alpha value is -2.92. The van der Waals surface area contributed by atoms with Gasteiger partial charge in [-0.2, -0.15) is 5.26 Å². The van der Waals surface area contributed by atoms with Crippen LogP contribution >= 0.6 is 11.6 Å². The van der Waals surface area contributed by atoms with Gasteiger partial charge in [-0.05, 0) is 19.1 Å². The Morgan fingerprint density at radius 3 is 2.64 bits per heavy atom. The van der Waals surface area contributed by atoms with Gasteiger partial charge in [0.15, 0.2) is 11.6 Å². The number of nitrogens with one attached hydrogen (secondary N) is 2. The number of rotatable bonds is 5. The molecule has 1 heterocycles. The molecule has 0 fully saturated rings. The highest BCUT2D eigenvalue weighted by molar-refractivity contribution is 6.30. The molecule has 0 unspecified atom stereocenters. The first-order valence-electron chi connectivity index (χ1n) is 7.10. The summed E-state index contributed by atoms with van der Waals surface area (Å²) >= 11 is 5.80. The number of carbonyl (C=O) groups is 1. The molecule has 0 radical (unpaired) electrons. The van der Waals surface area contributed by atoms with Crippen LogP contribution in [0.3, 0.4) is 0 Å². The second-order valence-electron chi connectivity index (χ2n) is 5.15. The third-order valence-corrected chi connectivity index (χ3v) is 3.72. The topological polar surface area (TPSA) is 98.0 Å². The molecule has 25 heavy (non-hydrogen) atoms. The maximum Gasteiger partial charge on any atom is 0.404 e. The summed E-state index contributed by atoms with van der Waals surface area (Å²) in [6.07, 6.45) is -1.32. The van der Waals surface area contributed by atoms with Gasteiger partial charge in [0.1, 0.15) is 17.0 Å². The van der Waals surface area contributed by atoms with Crippen molar-refractivity contribution in [2.24, 2.45) is 0 Å². The average molecular weight is 367 g/mol. The number of pyridine rings is 1. The van der Waals surface area contributed by atoms with E-state index in [1.807, 2.05) is 0 Å². The first-order chi connectivity index (χ1) is 11.8. The molecule has 2 aromatic rings. The molecule has 0 aliphatic carbocycles. The summed E-state index contributed by atoms with van der Waals surface area (Å²) in [6.45, 7) is 1.49. The monoisotopic (exact) mass is 366 g/mol. The molecule has 6 nitrogen and oxygen atoms in total. The van der Waals surface area contributed by atoms with Crippen molar-refractivity contribution in [1.82, 2.24) is 10.3 Å². The number of benzene rings is 1. The Morgan fingerprint density at radius 2 is 2.04 bits per heavy atom. The number of hydrogen-bond acceptors (Lipinski definition) is 4. The molecular formula is C16H13ClF2N4O2. The summed E-state index contributed by atoms with van der Waals surface area (Å²) < 4.78 is 28.3. The zero-order valence-corrected chi connectivity index (χ0v) is 13.7. The quantitative estimate of drug-likeness (QED) is 0.701. The fraction of sp³-hybridized carbons (Fsp3) is 0.188. The standard InChI is InChI=1S/C16H13ClF2N4O2/c1-8(21-16(24)25)13(10-4-2-3-5-11(10)18)22-15-12(19)6-9(7-20)14(17)23-15/h2-6,8,13,21H,1H3,(H,22,23)(H,24,25)/t8-,13+/m0/s1. The number of carboxylic acid groups (broad SMARTS) is 1. The maximum atomic E-state index is 14.2. The summed E-state index contributed by atoms with van der Waals surface area (Å²) in [5.41, 5.74) is -0.0331. The van der Waals surface area contributed by atoms with Crippen molar-refractivity contribution in [3.05, 3.63) is 58.2 Å². The Kier molecular flexibility index (Phi) is 5.72. The van der Waals surface area contributed by atoms with E-state index in [-0.39, 0.29) is 22.1 Å². The molecule has 0 saturated heterocycles. The number of anilines is 1. The highest BCUT2D eigenvalue weighted by atomic mass is 35.5. The van der Waals surface area contributed by atoms with Crippen LogP contribution in [-0.4, -0.2) is 22.2 Å². The van der Waals surface area contributed by atoms with Crippen LogP contribution in [0.1, 0.15) is 24.1 Å². The fourth-order valence-corrected chi connectivity index (χ4v) is 2.45. The van der Waals surface area contributed by atoms with Crippen LogP contribution < -0.4 is 10.6 Å². The molecule has 0 aliphatic rings. The van der Waals surface area contributed by atoms with E-state index in [4.69, 9.17) is 22.0 Å². The molecule has 3 N–H and O–H groups in total. The van der Waals surface area contributed by atoms with Crippen LogP contribution in [0, 0.1) is 23.0 Å². The number of aromatic nitrogens is 1. The predicted octanol–water partition coefficient (Wildman–Crippen LogP) is 3.69. The van der Waals surface area contributed by atoms with Crippen LogP contribution in [0.2, 0.25) is 5.15 Å². The van der Waals surface area contributed by atoms with Gasteiger partial charge in [-0.3, -0.25) is 0 Å². The molecule has 130 valence electrons. The van der Waals surface area contributed by atoms with E-state index in [9.17, 15) is 13.6 Å². The Bertz CT molecular complexity index is 841. The van der Waals surface area contributed by atoms with E-state index in [2.05, 4.69) is 15.6 Å². The summed E-state index contributed by atoms with van der Waals surface area (Å²) in [7, 11) is 0. The predicted molar refractivity (Wildman–Crippen MR) is 87.3 cm³/mol. The zero-order valence-electron chi connectivity index (χ0n) is 12.9. The van der Waals surface area contributed by atoms with Gasteiger partial charge in [0, 0.05) is 5.56 Å². The number of hydrogen-bond donors (Lipinski definition) is 3. The van der Waals surface area contributed by atoms with Gasteiger partial charge in [-0.15, -0.1) is 0 Å². The minimum atomic E-state index is -1.32. The lowest BCUT2D eigenvalue weighted by Gasteiger charge is -2.26. The third kappa shape index (κ3) is 4.33. The van der Waals surface area contributed by atoms with Crippen LogP contribution in [-0.2, 0) is 0 Å². The van der Waals surface area contributed by atoms with Gasteiger partial charge in [0.2, 0.25) is 0 Å². The van der Waals surface area contributed by atoms with Gasteiger partial charge >= 0.3 is 6.09 Å². The first-order valence-corrected chi connectivity index (χ1v) is 7.47. The smallest absolute Gasteiger partial charge is 0.404 e. The van der Waals surface area contributed by atoms with Crippen LogP contribution in [0.25, 0.3) is 0 Å². The van der Waals surface area contributed by atoms with Crippen molar-refractivity contribution in [2.45, 2.75) is 19.0 Å². The first kappa shape index (κ1) is 18.4. The van der Waals surface area contributed by atoms with Crippen molar-refractivity contribution in [2.75, 3.05) is 5.32 Å². The van der Waals surface area contributed by atoms with E-state index in [1.165, 1.54) is 25.1 Å². The van der Waals surface area contributed by atoms with E-state index in [1.54, 1.807) is 12.1 Å². The Balaban J connectivity index is 2.44. The molecule has 2 rings (SSSR count). The summed E-state index contributed by atoms with van der Waals surface area (Å²) in [6, 6.07) is 6.47. The Morgan fingerprint density at radius 1 is 1.36 bits per heavy atom. The minimum Gasteiger partial charge on any atom is -0.465 e. The van der Waals surface area contributed by atoms with E-state index in [0.717, 1.165) is 6.07 Å². The van der Waals surface area contributed by atoms with Gasteiger partial charge in [0.05, 0.1) is 17.6 Å². The Labute approximate surface area is 147 Å². The summed E-state index contributed by atoms with van der Waals surface area (Å²) in [4.78, 5) is 14.7. The molecule has 1 amide bonds. The van der Waals surface area contributed by atoms with Crippen LogP contribution in [0.5, 0.6) is 0 Å². The van der Waals surface area contributed by atoms with Crippen molar-refractivity contribution < 1.29 is 18.7 Å². The van der Waals surface area contributed by atoms with Crippen LogP contribution in [0.15, 0.2) is 30.3 Å². The largest absolute Gasteiger partial charge is 0.465 e. The van der Waals surface area contributed by atoms with Crippen LogP contribution in [0.4, 0.5) is 19.4 Å². The second kappa shape index (κ2) is 7.77. The minimum absolute atomic E-state index is 0.116. The second-order valence-corrected chi connectivity index (χ2v) is 5.51. The third-order valence-electron chi connectivity index (χ3n) is 3.43. The van der Waals surface area contributed by atoms with Gasteiger partial charge in [-0.1, -0.05) is 29.8 Å². The maximum absolute atomic E-state index is 14.2. The molecule has 1 aromatic heterocycles. The molecule has 0 aliphatic heterocycles. The lowest BCUT2D eigenvalue weighted by Crippen LogP contribution is -2.39. The van der Waals surface area contributed by atoms with Crippen molar-refractivity contribution in [3.8, 4) is 6.07 Å². The van der Waals surface area contributed by atoms with Gasteiger partial charge in [-0.25, -0.2) is 18.6 Å². The molecule has 2 atom stereocenters. The summed E-state index contributed by atoms with van der Waals surface area (Å²) in [5.74, 6) is -1.79. The van der Waals surface area contributed by atoms with E-state index >= 15 is 0 Å². The van der Waals surface area contributed by atoms with Crippen molar-refractivity contribution in [3.63, 3.8) is 0 Å². The highest BCUT2D eigenvalue weighted by Gasteiger charge is 2.25. The number of nitriles is 1. The lowest BCUT2D eigenvalue weighted by atomic mass is 9.99. The number of nitrogens with zero attached hydrogens (tertiary/aromatic N) is 2. The lowest BCUT2D eigenvalue weighted by molar-refractivity contribution is 0.189. The highest BCUT2D eigenvalue weighted by Crippen LogP contribution is 2.27. The zero-order chi connectivity index (χ0) is 18.6. The van der Waals surface area contributed by atoms with Gasteiger partial charge < -0.3 is 15.7 Å². The van der Waals surface area contributed by atoms with Crippen molar-refractivity contribution >= 4 is 23.5 Å². The molecule has 0 bridgehead atoms. The fourth-order valence-electron chi connectivity index (χ4n) is 2.27. The number of amides is 1. The average Bonchev–Trinajstić information content (AvgIpc) is 2.55. The van der Waals surface area contributed by atoms with E-state index < -0.39 is 29.8 Å². The molecule has 0 saturated carbocycles. The molecular weight excluding hydrogens is 354 g/mol. The summed E-state index contributed by atoms with van der Waals surface area (Å²) in [5, 5.41) is 22.4. The SMILES string of the molecule is C[C@H](NC(=O)O)[C@@H](Nc1nc(Cl)c(C#N)cc1F)c1ccccc1F.